The average molecular weight is 494 g/mol. The van der Waals surface area contributed by atoms with Gasteiger partial charge in [0, 0.05) is 30.1 Å². The summed E-state index contributed by atoms with van der Waals surface area (Å²) in [5, 5.41) is 40.5. The van der Waals surface area contributed by atoms with Gasteiger partial charge in [-0.2, -0.15) is 18.4 Å². The SMILES string of the molecule is CC(C)(C)/C=C/c1cc(OCc2cncc(C#N)c2)c(CNC(C)(CO)C(O)O)cc1C(F)(F)F. The molecule has 0 amide bonds. The first kappa shape index (κ1) is 28.3. The Kier molecular flexibility index (Phi) is 9.03. The van der Waals surface area contributed by atoms with E-state index in [9.17, 15) is 28.5 Å². The van der Waals surface area contributed by atoms with Crippen LogP contribution in [0.4, 0.5) is 13.2 Å². The highest BCUT2D eigenvalue weighted by Gasteiger charge is 2.35. The van der Waals surface area contributed by atoms with E-state index in [1.54, 1.807) is 12.1 Å². The van der Waals surface area contributed by atoms with Gasteiger partial charge in [-0.25, -0.2) is 0 Å². The third-order valence-electron chi connectivity index (χ3n) is 5.20. The van der Waals surface area contributed by atoms with Crippen molar-refractivity contribution in [3.63, 3.8) is 0 Å². The van der Waals surface area contributed by atoms with Crippen LogP contribution >= 0.6 is 0 Å². The summed E-state index contributed by atoms with van der Waals surface area (Å²) in [7, 11) is 0. The first-order valence-electron chi connectivity index (χ1n) is 10.8. The number of ether oxygens (including phenoxy) is 1. The number of hydrogen-bond donors (Lipinski definition) is 4. The van der Waals surface area contributed by atoms with Crippen molar-refractivity contribution in [1.29, 1.82) is 5.26 Å². The molecule has 0 aliphatic rings. The molecule has 0 aliphatic carbocycles. The van der Waals surface area contributed by atoms with Crippen LogP contribution in [0.1, 0.15) is 55.5 Å². The fourth-order valence-corrected chi connectivity index (χ4v) is 2.95. The third kappa shape index (κ3) is 8.04. The van der Waals surface area contributed by atoms with Gasteiger partial charge in [0.2, 0.25) is 0 Å². The van der Waals surface area contributed by atoms with Crippen LogP contribution < -0.4 is 10.1 Å². The van der Waals surface area contributed by atoms with E-state index in [1.165, 1.54) is 31.5 Å². The van der Waals surface area contributed by atoms with Crippen LogP contribution in [0, 0.1) is 16.7 Å². The summed E-state index contributed by atoms with van der Waals surface area (Å²) in [6, 6.07) is 5.73. The number of benzene rings is 1. The molecule has 1 aromatic carbocycles. The predicted octanol–water partition coefficient (Wildman–Crippen LogP) is 3.76. The number of aromatic nitrogens is 1. The van der Waals surface area contributed by atoms with E-state index >= 15 is 0 Å². The van der Waals surface area contributed by atoms with E-state index in [0.29, 0.717) is 11.1 Å². The Morgan fingerprint density at radius 1 is 1.14 bits per heavy atom. The quantitative estimate of drug-likeness (QED) is 0.393. The zero-order valence-corrected chi connectivity index (χ0v) is 20.0. The zero-order valence-electron chi connectivity index (χ0n) is 20.0. The van der Waals surface area contributed by atoms with E-state index < -0.39 is 30.2 Å². The van der Waals surface area contributed by atoms with Crippen molar-refractivity contribution < 1.29 is 33.2 Å². The molecule has 0 bridgehead atoms. The van der Waals surface area contributed by atoms with E-state index in [-0.39, 0.29) is 35.4 Å². The zero-order chi connectivity index (χ0) is 26.4. The van der Waals surface area contributed by atoms with E-state index in [0.717, 1.165) is 6.07 Å². The number of rotatable bonds is 9. The van der Waals surface area contributed by atoms with Crippen molar-refractivity contribution in [2.24, 2.45) is 5.41 Å². The summed E-state index contributed by atoms with van der Waals surface area (Å²) in [5.74, 6) is 0.120. The fourth-order valence-electron chi connectivity index (χ4n) is 2.95. The summed E-state index contributed by atoms with van der Waals surface area (Å²) in [6.45, 7) is 5.90. The topological polar surface area (TPSA) is 119 Å². The molecule has 10 heteroatoms. The van der Waals surface area contributed by atoms with E-state index in [1.807, 2.05) is 26.8 Å². The number of alkyl halides is 3. The van der Waals surface area contributed by atoms with Gasteiger partial charge in [-0.05, 0) is 36.1 Å². The van der Waals surface area contributed by atoms with Gasteiger partial charge in [0.25, 0.3) is 0 Å². The minimum Gasteiger partial charge on any atom is -0.488 e. The molecular weight excluding hydrogens is 463 g/mol. The Labute approximate surface area is 202 Å². The minimum atomic E-state index is -4.66. The maximum Gasteiger partial charge on any atom is 0.417 e. The molecule has 0 spiro atoms. The summed E-state index contributed by atoms with van der Waals surface area (Å²) >= 11 is 0. The summed E-state index contributed by atoms with van der Waals surface area (Å²) in [5.41, 5.74) is -1.98. The van der Waals surface area contributed by atoms with Crippen LogP contribution in [-0.2, 0) is 19.3 Å². The van der Waals surface area contributed by atoms with Gasteiger partial charge in [0.05, 0.1) is 23.3 Å². The number of aliphatic hydroxyl groups is 3. The number of halogens is 3. The molecule has 2 rings (SSSR count). The lowest BCUT2D eigenvalue weighted by Crippen LogP contribution is -2.54. The highest BCUT2D eigenvalue weighted by atomic mass is 19.4. The highest BCUT2D eigenvalue weighted by molar-refractivity contribution is 5.60. The molecule has 190 valence electrons. The maximum atomic E-state index is 13.9. The van der Waals surface area contributed by atoms with Gasteiger partial charge < -0.3 is 25.4 Å². The Balaban J connectivity index is 2.54. The second kappa shape index (κ2) is 11.2. The normalized spacial score (nSPS) is 14.2. The van der Waals surface area contributed by atoms with Gasteiger partial charge in [-0.15, -0.1) is 0 Å². The number of aliphatic hydroxyl groups excluding tert-OH is 2. The third-order valence-corrected chi connectivity index (χ3v) is 5.20. The van der Waals surface area contributed by atoms with Crippen molar-refractivity contribution in [2.45, 2.75) is 58.9 Å². The molecule has 0 saturated carbocycles. The molecule has 35 heavy (non-hydrogen) atoms. The van der Waals surface area contributed by atoms with Crippen molar-refractivity contribution >= 4 is 6.08 Å². The standard InChI is InChI=1S/C25H30F3N3O4/c1-23(2,3)6-5-18-9-21(35-14-17-7-16(10-29)11-30-12-17)19(8-20(18)25(26,27)28)13-31-24(4,15-32)22(33)34/h5-9,11-12,22,31-34H,13-15H2,1-4H3/b6-5+. The molecule has 7 nitrogen and oxygen atoms in total. The average Bonchev–Trinajstić information content (AvgIpc) is 2.78. The number of nitrogens with zero attached hydrogens (tertiary/aromatic N) is 2. The van der Waals surface area contributed by atoms with Crippen molar-refractivity contribution in [1.82, 2.24) is 10.3 Å². The van der Waals surface area contributed by atoms with Crippen molar-refractivity contribution in [3.05, 3.63) is 64.5 Å². The van der Waals surface area contributed by atoms with Gasteiger partial charge in [0.1, 0.15) is 18.4 Å². The van der Waals surface area contributed by atoms with Gasteiger partial charge in [-0.1, -0.05) is 32.9 Å². The Bertz CT molecular complexity index is 1090. The minimum absolute atomic E-state index is 0.0663. The van der Waals surface area contributed by atoms with Crippen LogP contribution in [0.5, 0.6) is 5.75 Å². The second-order valence-electron chi connectivity index (χ2n) is 9.53. The maximum absolute atomic E-state index is 13.9. The van der Waals surface area contributed by atoms with Crippen LogP contribution in [0.3, 0.4) is 0 Å². The van der Waals surface area contributed by atoms with Gasteiger partial charge >= 0.3 is 6.18 Å². The fraction of sp³-hybridized carbons (Fsp3) is 0.440. The summed E-state index contributed by atoms with van der Waals surface area (Å²) in [6.07, 6.45) is -0.721. The van der Waals surface area contributed by atoms with E-state index in [4.69, 9.17) is 10.00 Å². The van der Waals surface area contributed by atoms with Crippen molar-refractivity contribution in [3.8, 4) is 11.8 Å². The lowest BCUT2D eigenvalue weighted by Gasteiger charge is -2.31. The molecule has 1 atom stereocenters. The number of nitrogens with one attached hydrogen (secondary N) is 1. The molecule has 0 aliphatic heterocycles. The van der Waals surface area contributed by atoms with Crippen LogP contribution in [-0.4, -0.2) is 38.7 Å². The van der Waals surface area contributed by atoms with Gasteiger partial charge in [-0.3, -0.25) is 4.98 Å². The highest BCUT2D eigenvalue weighted by Crippen LogP contribution is 2.37. The predicted molar refractivity (Wildman–Crippen MR) is 124 cm³/mol. The van der Waals surface area contributed by atoms with Gasteiger partial charge in [0.15, 0.2) is 6.29 Å². The summed E-state index contributed by atoms with van der Waals surface area (Å²) in [4.78, 5) is 3.95. The number of allylic oxidation sites excluding steroid dienone is 1. The first-order valence-corrected chi connectivity index (χ1v) is 10.8. The first-order chi connectivity index (χ1) is 16.2. The van der Waals surface area contributed by atoms with Crippen LogP contribution in [0.25, 0.3) is 6.08 Å². The molecule has 0 radical (unpaired) electrons. The smallest absolute Gasteiger partial charge is 0.417 e. The lowest BCUT2D eigenvalue weighted by molar-refractivity contribution is -0.137. The number of pyridine rings is 1. The molecule has 0 saturated heterocycles. The molecule has 1 heterocycles. The number of nitriles is 1. The second-order valence-corrected chi connectivity index (χ2v) is 9.53. The Hall–Kier alpha value is -2.97. The van der Waals surface area contributed by atoms with Crippen molar-refractivity contribution in [2.75, 3.05) is 6.61 Å². The Morgan fingerprint density at radius 2 is 1.83 bits per heavy atom. The van der Waals surface area contributed by atoms with E-state index in [2.05, 4.69) is 10.3 Å². The number of hydrogen-bond acceptors (Lipinski definition) is 7. The molecule has 1 unspecified atom stereocenters. The monoisotopic (exact) mass is 493 g/mol. The lowest BCUT2D eigenvalue weighted by atomic mass is 9.93. The molecular formula is C25H30F3N3O4. The molecule has 2 aromatic rings. The molecule has 1 aromatic heterocycles. The van der Waals surface area contributed by atoms with Crippen LogP contribution in [0.2, 0.25) is 0 Å². The molecule has 4 N–H and O–H groups in total. The molecule has 0 fully saturated rings. The Morgan fingerprint density at radius 3 is 2.37 bits per heavy atom. The van der Waals surface area contributed by atoms with Crippen LogP contribution in [0.15, 0.2) is 36.7 Å². The largest absolute Gasteiger partial charge is 0.488 e. The summed E-state index contributed by atoms with van der Waals surface area (Å²) < 4.78 is 47.6.